The highest BCUT2D eigenvalue weighted by Gasteiger charge is 2.34. The van der Waals surface area contributed by atoms with Crippen LogP contribution in [0.1, 0.15) is 28.1 Å². The number of benzene rings is 3. The average molecular weight is 444 g/mol. The molecule has 0 saturated heterocycles. The third kappa shape index (κ3) is 3.50. The van der Waals surface area contributed by atoms with Crippen molar-refractivity contribution in [1.82, 2.24) is 9.40 Å². The first kappa shape index (κ1) is 20.2. The van der Waals surface area contributed by atoms with E-state index >= 15 is 0 Å². The Morgan fingerprint density at radius 1 is 0.844 bits per heavy atom. The Balaban J connectivity index is 1.57. The molecule has 7 heteroatoms. The van der Waals surface area contributed by atoms with Crippen LogP contribution >= 0.6 is 0 Å². The lowest BCUT2D eigenvalue weighted by Crippen LogP contribution is -2.33. The standard InChI is InChI=1S/C25H21N3O3S/c1-17-12-14-20(15-13-17)25-26-22(18(2)31-25)16-28-27-24(19-8-4-3-5-9-19)21-10-6-7-11-23(21)32(28,29)30/h3-15H,16H2,1-2H3. The summed E-state index contributed by atoms with van der Waals surface area (Å²) in [6.45, 7) is 3.78. The van der Waals surface area contributed by atoms with Crippen LogP contribution in [-0.2, 0) is 16.6 Å². The molecule has 32 heavy (non-hydrogen) atoms. The van der Waals surface area contributed by atoms with Crippen molar-refractivity contribution < 1.29 is 12.8 Å². The molecule has 0 N–H and O–H groups in total. The first-order valence-electron chi connectivity index (χ1n) is 10.2. The average Bonchev–Trinajstić information content (AvgIpc) is 3.17. The Morgan fingerprint density at radius 3 is 2.28 bits per heavy atom. The number of aryl methyl sites for hydroxylation is 2. The van der Waals surface area contributed by atoms with Crippen LogP contribution in [0.3, 0.4) is 0 Å². The maximum atomic E-state index is 13.4. The van der Waals surface area contributed by atoms with Crippen LogP contribution < -0.4 is 0 Å². The minimum atomic E-state index is -3.84. The van der Waals surface area contributed by atoms with Crippen molar-refractivity contribution in [3.05, 3.63) is 107 Å². The minimum absolute atomic E-state index is 0.0196. The smallest absolute Gasteiger partial charge is 0.280 e. The lowest BCUT2D eigenvalue weighted by molar-refractivity contribution is 0.415. The van der Waals surface area contributed by atoms with Crippen LogP contribution in [0.4, 0.5) is 0 Å². The van der Waals surface area contributed by atoms with E-state index in [1.54, 1.807) is 25.1 Å². The fourth-order valence-corrected chi connectivity index (χ4v) is 5.07. The van der Waals surface area contributed by atoms with Gasteiger partial charge in [-0.15, -0.1) is 0 Å². The van der Waals surface area contributed by atoms with Gasteiger partial charge < -0.3 is 4.42 Å². The fraction of sp³-hybridized carbons (Fsp3) is 0.120. The van der Waals surface area contributed by atoms with Crippen LogP contribution in [0.2, 0.25) is 0 Å². The molecule has 0 fully saturated rings. The maximum Gasteiger partial charge on any atom is 0.280 e. The first-order valence-corrected chi connectivity index (χ1v) is 11.7. The Labute approximate surface area is 186 Å². The molecule has 6 nitrogen and oxygen atoms in total. The number of hydrogen-bond acceptors (Lipinski definition) is 5. The number of aromatic nitrogens is 1. The molecule has 1 aromatic heterocycles. The topological polar surface area (TPSA) is 75.8 Å². The molecule has 0 unspecified atom stereocenters. The zero-order valence-electron chi connectivity index (χ0n) is 17.7. The van der Waals surface area contributed by atoms with Crippen LogP contribution in [0.5, 0.6) is 0 Å². The summed E-state index contributed by atoms with van der Waals surface area (Å²) in [6, 6.07) is 24.3. The number of sulfonamides is 1. The maximum absolute atomic E-state index is 13.4. The zero-order chi connectivity index (χ0) is 22.3. The van der Waals surface area contributed by atoms with Gasteiger partial charge >= 0.3 is 0 Å². The Hall–Kier alpha value is -3.71. The van der Waals surface area contributed by atoms with Gasteiger partial charge in [-0.3, -0.25) is 0 Å². The number of rotatable bonds is 4. The molecule has 1 aliphatic rings. The van der Waals surface area contributed by atoms with Gasteiger partial charge in [-0.2, -0.15) is 17.9 Å². The lowest BCUT2D eigenvalue weighted by atomic mass is 10.0. The van der Waals surface area contributed by atoms with Gasteiger partial charge in [-0.25, -0.2) is 4.98 Å². The monoisotopic (exact) mass is 443 g/mol. The predicted molar refractivity (Wildman–Crippen MR) is 123 cm³/mol. The molecule has 0 saturated carbocycles. The van der Waals surface area contributed by atoms with Crippen molar-refractivity contribution in [2.75, 3.05) is 0 Å². The van der Waals surface area contributed by atoms with E-state index in [9.17, 15) is 8.42 Å². The van der Waals surface area contributed by atoms with Gasteiger partial charge in [-0.1, -0.05) is 66.2 Å². The summed E-state index contributed by atoms with van der Waals surface area (Å²) in [5.74, 6) is 1.02. The largest absolute Gasteiger partial charge is 0.441 e. The third-order valence-electron chi connectivity index (χ3n) is 5.43. The van der Waals surface area contributed by atoms with E-state index < -0.39 is 10.0 Å². The number of hydrazone groups is 1. The second kappa shape index (κ2) is 7.76. The summed E-state index contributed by atoms with van der Waals surface area (Å²) >= 11 is 0. The minimum Gasteiger partial charge on any atom is -0.441 e. The van der Waals surface area contributed by atoms with Crippen LogP contribution in [0, 0.1) is 13.8 Å². The predicted octanol–water partition coefficient (Wildman–Crippen LogP) is 4.92. The summed E-state index contributed by atoms with van der Waals surface area (Å²) in [5.41, 5.74) is 4.54. The van der Waals surface area contributed by atoms with Crippen molar-refractivity contribution in [3.8, 4) is 11.5 Å². The van der Waals surface area contributed by atoms with Gasteiger partial charge in [-0.05, 0) is 32.0 Å². The number of nitrogens with zero attached hydrogens (tertiary/aromatic N) is 3. The van der Waals surface area contributed by atoms with Crippen molar-refractivity contribution in [1.29, 1.82) is 0 Å². The highest BCUT2D eigenvalue weighted by Crippen LogP contribution is 2.31. The van der Waals surface area contributed by atoms with E-state index in [0.29, 0.717) is 28.6 Å². The van der Waals surface area contributed by atoms with Crippen LogP contribution in [0.15, 0.2) is 93.3 Å². The van der Waals surface area contributed by atoms with Gasteiger partial charge in [0.15, 0.2) is 0 Å². The van der Waals surface area contributed by atoms with Gasteiger partial charge in [0.05, 0.1) is 11.4 Å². The molecule has 3 aromatic carbocycles. The van der Waals surface area contributed by atoms with Crippen molar-refractivity contribution in [2.24, 2.45) is 5.10 Å². The van der Waals surface area contributed by atoms with Gasteiger partial charge in [0, 0.05) is 16.7 Å². The quantitative estimate of drug-likeness (QED) is 0.449. The molecule has 0 radical (unpaired) electrons. The molecule has 160 valence electrons. The lowest BCUT2D eigenvalue weighted by Gasteiger charge is -2.26. The van der Waals surface area contributed by atoms with Crippen molar-refractivity contribution in [2.45, 2.75) is 25.3 Å². The first-order chi connectivity index (χ1) is 15.4. The zero-order valence-corrected chi connectivity index (χ0v) is 18.5. The van der Waals surface area contributed by atoms with E-state index in [2.05, 4.69) is 10.1 Å². The Kier molecular flexibility index (Phi) is 4.90. The molecule has 0 bridgehead atoms. The summed E-state index contributed by atoms with van der Waals surface area (Å²) < 4.78 is 33.7. The molecule has 0 amide bonds. The van der Waals surface area contributed by atoms with E-state index in [-0.39, 0.29) is 11.4 Å². The molecule has 0 atom stereocenters. The molecular formula is C25H21N3O3S. The van der Waals surface area contributed by atoms with E-state index in [0.717, 1.165) is 21.1 Å². The van der Waals surface area contributed by atoms with Gasteiger partial charge in [0.2, 0.25) is 5.89 Å². The molecule has 5 rings (SSSR count). The van der Waals surface area contributed by atoms with Crippen LogP contribution in [0.25, 0.3) is 11.5 Å². The van der Waals surface area contributed by atoms with Crippen molar-refractivity contribution in [3.63, 3.8) is 0 Å². The second-order valence-corrected chi connectivity index (χ2v) is 9.50. The third-order valence-corrected chi connectivity index (χ3v) is 7.11. The summed E-state index contributed by atoms with van der Waals surface area (Å²) in [4.78, 5) is 4.81. The van der Waals surface area contributed by atoms with E-state index in [1.165, 1.54) is 0 Å². The van der Waals surface area contributed by atoms with E-state index in [1.807, 2.05) is 67.6 Å². The SMILES string of the molecule is Cc1ccc(-c2nc(CN3N=C(c4ccccc4)c4ccccc4S3(=O)=O)c(C)o2)cc1. The molecule has 0 spiro atoms. The molecule has 2 heterocycles. The van der Waals surface area contributed by atoms with Gasteiger partial charge in [0.1, 0.15) is 17.2 Å². The van der Waals surface area contributed by atoms with Crippen molar-refractivity contribution >= 4 is 15.7 Å². The summed E-state index contributed by atoms with van der Waals surface area (Å²) in [6.07, 6.45) is 0. The highest BCUT2D eigenvalue weighted by molar-refractivity contribution is 7.89. The van der Waals surface area contributed by atoms with Crippen LogP contribution in [-0.4, -0.2) is 23.5 Å². The summed E-state index contributed by atoms with van der Waals surface area (Å²) in [7, 11) is -3.84. The molecular weight excluding hydrogens is 422 g/mol. The highest BCUT2D eigenvalue weighted by atomic mass is 32.2. The van der Waals surface area contributed by atoms with Gasteiger partial charge in [0.25, 0.3) is 10.0 Å². The number of oxazole rings is 1. The normalized spacial score (nSPS) is 14.7. The Morgan fingerprint density at radius 2 is 1.53 bits per heavy atom. The fourth-order valence-electron chi connectivity index (χ4n) is 3.67. The molecule has 4 aromatic rings. The van der Waals surface area contributed by atoms with E-state index in [4.69, 9.17) is 4.42 Å². The summed E-state index contributed by atoms with van der Waals surface area (Å²) in [5, 5.41) is 4.56. The molecule has 1 aliphatic heterocycles. The molecule has 0 aliphatic carbocycles. The number of fused-ring (bicyclic) bond motifs is 1. The second-order valence-electron chi connectivity index (χ2n) is 7.68. The number of hydrogen-bond donors (Lipinski definition) is 0. The Bertz CT molecular complexity index is 1420.